The van der Waals surface area contributed by atoms with Crippen LogP contribution in [0.25, 0.3) is 6.08 Å². The van der Waals surface area contributed by atoms with E-state index in [1.54, 1.807) is 24.3 Å². The molecule has 0 aliphatic rings. The van der Waals surface area contributed by atoms with Crippen LogP contribution in [0.5, 0.6) is 5.75 Å². The van der Waals surface area contributed by atoms with Gasteiger partial charge in [-0.05, 0) is 6.07 Å². The molecule has 1 N–H and O–H groups in total. The topological polar surface area (TPSA) is 63.6 Å². The summed E-state index contributed by atoms with van der Waals surface area (Å²) in [7, 11) is -3.96. The predicted molar refractivity (Wildman–Crippen MR) is 58.4 cm³/mol. The molecule has 0 aliphatic heterocycles. The summed E-state index contributed by atoms with van der Waals surface area (Å²) in [6, 6.07) is 7.11. The Balaban J connectivity index is 2.61. The summed E-state index contributed by atoms with van der Waals surface area (Å²) in [5.74, 6) is 0.134. The first-order chi connectivity index (χ1) is 7.03. The lowest BCUT2D eigenvalue weighted by Gasteiger charge is -2.07. The van der Waals surface area contributed by atoms with Gasteiger partial charge in [-0.15, -0.1) is 0 Å². The van der Waals surface area contributed by atoms with E-state index in [9.17, 15) is 8.42 Å². The van der Waals surface area contributed by atoms with Crippen LogP contribution in [0.1, 0.15) is 5.56 Å². The zero-order chi connectivity index (χ0) is 11.3. The molecule has 15 heavy (non-hydrogen) atoms. The van der Waals surface area contributed by atoms with Gasteiger partial charge in [-0.1, -0.05) is 30.9 Å². The monoisotopic (exact) mass is 228 g/mol. The third-order valence-corrected chi connectivity index (χ3v) is 2.42. The molecule has 0 aromatic heterocycles. The quantitative estimate of drug-likeness (QED) is 0.777. The van der Waals surface area contributed by atoms with Gasteiger partial charge in [0.15, 0.2) is 0 Å². The molecule has 4 nitrogen and oxygen atoms in total. The first-order valence-corrected chi connectivity index (χ1v) is 5.93. The Morgan fingerprint density at radius 1 is 1.40 bits per heavy atom. The zero-order valence-electron chi connectivity index (χ0n) is 8.09. The number of rotatable bonds is 5. The number of hydrogen-bond acceptors (Lipinski definition) is 3. The summed E-state index contributed by atoms with van der Waals surface area (Å²) in [5, 5.41) is 0. The lowest BCUT2D eigenvalue weighted by atomic mass is 10.2. The minimum absolute atomic E-state index is 0.0797. The molecule has 1 aromatic carbocycles. The fourth-order valence-corrected chi connectivity index (χ4v) is 1.33. The van der Waals surface area contributed by atoms with Gasteiger partial charge in [0.2, 0.25) is 0 Å². The molecule has 0 bridgehead atoms. The Morgan fingerprint density at radius 2 is 2.07 bits per heavy atom. The van der Waals surface area contributed by atoms with Crippen molar-refractivity contribution in [3.63, 3.8) is 0 Å². The van der Waals surface area contributed by atoms with Crippen LogP contribution >= 0.6 is 0 Å². The minimum Gasteiger partial charge on any atom is -0.492 e. The summed E-state index contributed by atoms with van der Waals surface area (Å²) in [6.45, 7) is 3.52. The maximum Gasteiger partial charge on any atom is 0.268 e. The van der Waals surface area contributed by atoms with Crippen LogP contribution in [0.4, 0.5) is 0 Å². The molecule has 5 heteroatoms. The summed E-state index contributed by atoms with van der Waals surface area (Å²) in [6.07, 6.45) is 1.61. The Morgan fingerprint density at radius 3 is 2.67 bits per heavy atom. The molecule has 0 radical (unpaired) electrons. The highest BCUT2D eigenvalue weighted by molar-refractivity contribution is 7.85. The van der Waals surface area contributed by atoms with Gasteiger partial charge in [0.25, 0.3) is 10.1 Å². The van der Waals surface area contributed by atoms with Crippen molar-refractivity contribution in [1.82, 2.24) is 0 Å². The largest absolute Gasteiger partial charge is 0.492 e. The van der Waals surface area contributed by atoms with Gasteiger partial charge >= 0.3 is 0 Å². The molecule has 0 saturated carbocycles. The maximum absolute atomic E-state index is 10.4. The summed E-state index contributed by atoms with van der Waals surface area (Å²) < 4.78 is 34.6. The van der Waals surface area contributed by atoms with Crippen molar-refractivity contribution < 1.29 is 17.7 Å². The van der Waals surface area contributed by atoms with Crippen molar-refractivity contribution >= 4 is 16.2 Å². The molecule has 0 spiro atoms. The van der Waals surface area contributed by atoms with Crippen LogP contribution in [0.2, 0.25) is 0 Å². The molecule has 1 aromatic rings. The van der Waals surface area contributed by atoms with Gasteiger partial charge in [-0.25, -0.2) is 0 Å². The zero-order valence-corrected chi connectivity index (χ0v) is 8.90. The Kier molecular flexibility index (Phi) is 3.88. The van der Waals surface area contributed by atoms with E-state index in [4.69, 9.17) is 9.29 Å². The lowest BCUT2D eigenvalue weighted by Crippen LogP contribution is -2.12. The Hall–Kier alpha value is -1.33. The van der Waals surface area contributed by atoms with Gasteiger partial charge < -0.3 is 4.74 Å². The lowest BCUT2D eigenvalue weighted by molar-refractivity contribution is 0.335. The van der Waals surface area contributed by atoms with Crippen LogP contribution in [0.3, 0.4) is 0 Å². The number of para-hydroxylation sites is 1. The van der Waals surface area contributed by atoms with Crippen LogP contribution in [0, 0.1) is 0 Å². The third kappa shape index (κ3) is 4.14. The minimum atomic E-state index is -3.96. The predicted octanol–water partition coefficient (Wildman–Crippen LogP) is 1.60. The van der Waals surface area contributed by atoms with Crippen LogP contribution in [-0.4, -0.2) is 25.3 Å². The first-order valence-electron chi connectivity index (χ1n) is 4.32. The van der Waals surface area contributed by atoms with Crippen molar-refractivity contribution in [2.24, 2.45) is 0 Å². The van der Waals surface area contributed by atoms with E-state index < -0.39 is 15.9 Å². The summed E-state index contributed by atoms with van der Waals surface area (Å²) in [4.78, 5) is 0. The van der Waals surface area contributed by atoms with Gasteiger partial charge in [-0.3, -0.25) is 4.55 Å². The summed E-state index contributed by atoms with van der Waals surface area (Å²) in [5.41, 5.74) is 0.785. The smallest absolute Gasteiger partial charge is 0.268 e. The van der Waals surface area contributed by atoms with E-state index in [1.165, 1.54) is 0 Å². The van der Waals surface area contributed by atoms with E-state index in [-0.39, 0.29) is 6.61 Å². The van der Waals surface area contributed by atoms with E-state index in [2.05, 4.69) is 6.58 Å². The molecule has 0 heterocycles. The van der Waals surface area contributed by atoms with Gasteiger partial charge in [-0.2, -0.15) is 8.42 Å². The molecule has 0 fully saturated rings. The highest BCUT2D eigenvalue weighted by Crippen LogP contribution is 2.18. The second kappa shape index (κ2) is 4.95. The van der Waals surface area contributed by atoms with Crippen LogP contribution < -0.4 is 4.74 Å². The van der Waals surface area contributed by atoms with Gasteiger partial charge in [0.05, 0.1) is 0 Å². The first kappa shape index (κ1) is 11.7. The average Bonchev–Trinajstić information content (AvgIpc) is 2.16. The molecule has 1 rings (SSSR count). The van der Waals surface area contributed by atoms with Crippen molar-refractivity contribution in [2.45, 2.75) is 0 Å². The molecule has 82 valence electrons. The van der Waals surface area contributed by atoms with Crippen LogP contribution in [-0.2, 0) is 10.1 Å². The second-order valence-corrected chi connectivity index (χ2v) is 4.45. The van der Waals surface area contributed by atoms with Crippen molar-refractivity contribution in [1.29, 1.82) is 0 Å². The highest BCUT2D eigenvalue weighted by atomic mass is 32.2. The summed E-state index contributed by atoms with van der Waals surface area (Å²) >= 11 is 0. The molecular weight excluding hydrogens is 216 g/mol. The fraction of sp³-hybridized carbons (Fsp3) is 0.200. The van der Waals surface area contributed by atoms with Crippen molar-refractivity contribution in [3.05, 3.63) is 36.4 Å². The van der Waals surface area contributed by atoms with E-state index in [0.717, 1.165) is 5.56 Å². The molecule has 0 atom stereocenters. The Bertz CT molecular complexity index is 436. The highest BCUT2D eigenvalue weighted by Gasteiger charge is 2.05. The Labute approximate surface area is 88.9 Å². The van der Waals surface area contributed by atoms with E-state index in [1.807, 2.05) is 6.07 Å². The average molecular weight is 228 g/mol. The molecular formula is C10H12O4S. The third-order valence-electron chi connectivity index (χ3n) is 1.74. The van der Waals surface area contributed by atoms with Crippen molar-refractivity contribution in [3.8, 4) is 5.75 Å². The molecule has 0 amide bonds. The standard InChI is InChI=1S/C10H12O4S/c1-2-9-5-3-4-6-10(9)14-7-8-15(11,12)13/h2-6H,1,7-8H2,(H,11,12,13). The van der Waals surface area contributed by atoms with E-state index >= 15 is 0 Å². The maximum atomic E-state index is 10.4. The SMILES string of the molecule is C=Cc1ccccc1OCCS(=O)(=O)O. The molecule has 0 unspecified atom stereocenters. The molecule has 0 saturated heterocycles. The van der Waals surface area contributed by atoms with Crippen molar-refractivity contribution in [2.75, 3.05) is 12.4 Å². The number of hydrogen-bond donors (Lipinski definition) is 1. The normalized spacial score (nSPS) is 11.0. The van der Waals surface area contributed by atoms with E-state index in [0.29, 0.717) is 5.75 Å². The second-order valence-electron chi connectivity index (χ2n) is 2.88. The van der Waals surface area contributed by atoms with Gasteiger partial charge in [0, 0.05) is 5.56 Å². The number of benzene rings is 1. The number of ether oxygens (including phenoxy) is 1. The molecule has 0 aliphatic carbocycles. The fourth-order valence-electron chi connectivity index (χ4n) is 1.04. The van der Waals surface area contributed by atoms with Crippen LogP contribution in [0.15, 0.2) is 30.8 Å². The van der Waals surface area contributed by atoms with Gasteiger partial charge in [0.1, 0.15) is 18.1 Å².